The highest BCUT2D eigenvalue weighted by atomic mass is 16.4. The zero-order valence-corrected chi connectivity index (χ0v) is 9.60. The first-order valence-electron chi connectivity index (χ1n) is 5.05. The van der Waals surface area contributed by atoms with Crippen molar-refractivity contribution in [2.45, 2.75) is 24.4 Å². The third-order valence-corrected chi connectivity index (χ3v) is 2.34. The van der Waals surface area contributed by atoms with Crippen molar-refractivity contribution >= 4 is 5.91 Å². The van der Waals surface area contributed by atoms with Crippen LogP contribution in [0.4, 0.5) is 0 Å². The van der Waals surface area contributed by atoms with Gasteiger partial charge in [-0.2, -0.15) is 0 Å². The first-order valence-corrected chi connectivity index (χ1v) is 5.05. The van der Waals surface area contributed by atoms with Gasteiger partial charge >= 0.3 is 0 Å². The van der Waals surface area contributed by atoms with Crippen LogP contribution in [0.25, 0.3) is 0 Å². The molecule has 0 aromatic heterocycles. The zero-order valence-electron chi connectivity index (χ0n) is 9.60. The summed E-state index contributed by atoms with van der Waals surface area (Å²) in [5.41, 5.74) is 0. The molecule has 0 aliphatic heterocycles. The van der Waals surface area contributed by atoms with Crippen molar-refractivity contribution in [3.8, 4) is 0 Å². The number of hydrogen-bond donors (Lipinski definition) is 5. The molecule has 7 heteroatoms. The Morgan fingerprint density at radius 2 is 1.71 bits per heavy atom. The molecular weight excluding hydrogens is 230 g/mol. The number of rotatable bonds is 7. The molecule has 4 atom stereocenters. The molecular formula is C10H19NO6. The third-order valence-electron chi connectivity index (χ3n) is 2.34. The Morgan fingerprint density at radius 3 is 2.12 bits per heavy atom. The third kappa shape index (κ3) is 4.80. The highest BCUT2D eigenvalue weighted by molar-refractivity contribution is 5.86. The van der Waals surface area contributed by atoms with Crippen LogP contribution in [0.3, 0.4) is 0 Å². The standard InChI is InChI=1S/C10H19NO6/c1-3-8(15)11(2)4-6(13)9(16)10(17)7(14)5-12/h3,6-7,9-10,12-14,16-17H,1,4-5H2,2H3/t6-,7+,9+,10-/m0/s1. The summed E-state index contributed by atoms with van der Waals surface area (Å²) >= 11 is 0. The number of aliphatic hydroxyl groups is 5. The minimum Gasteiger partial charge on any atom is -0.394 e. The average molecular weight is 249 g/mol. The Hall–Kier alpha value is -0.990. The van der Waals surface area contributed by atoms with Gasteiger partial charge in [0.15, 0.2) is 0 Å². The van der Waals surface area contributed by atoms with Crippen molar-refractivity contribution in [2.75, 3.05) is 20.2 Å². The lowest BCUT2D eigenvalue weighted by Crippen LogP contribution is -2.49. The van der Waals surface area contributed by atoms with Gasteiger partial charge in [-0.05, 0) is 6.08 Å². The van der Waals surface area contributed by atoms with Gasteiger partial charge in [-0.15, -0.1) is 0 Å². The molecule has 0 aromatic carbocycles. The fraction of sp³-hybridized carbons (Fsp3) is 0.700. The molecule has 0 unspecified atom stereocenters. The van der Waals surface area contributed by atoms with Crippen molar-refractivity contribution in [3.63, 3.8) is 0 Å². The van der Waals surface area contributed by atoms with Gasteiger partial charge in [-0.3, -0.25) is 4.79 Å². The van der Waals surface area contributed by atoms with Crippen LogP contribution in [0.1, 0.15) is 0 Å². The number of carbonyl (C=O) groups excluding carboxylic acids is 1. The van der Waals surface area contributed by atoms with Crippen LogP contribution in [-0.2, 0) is 4.79 Å². The molecule has 0 aromatic rings. The van der Waals surface area contributed by atoms with E-state index in [1.54, 1.807) is 0 Å². The monoisotopic (exact) mass is 249 g/mol. The fourth-order valence-corrected chi connectivity index (χ4v) is 1.20. The molecule has 0 bridgehead atoms. The van der Waals surface area contributed by atoms with Crippen molar-refractivity contribution in [3.05, 3.63) is 12.7 Å². The van der Waals surface area contributed by atoms with E-state index in [0.29, 0.717) is 0 Å². The van der Waals surface area contributed by atoms with Gasteiger partial charge in [-0.1, -0.05) is 6.58 Å². The Bertz CT molecular complexity index is 259. The van der Waals surface area contributed by atoms with Crippen LogP contribution >= 0.6 is 0 Å². The predicted molar refractivity (Wildman–Crippen MR) is 58.9 cm³/mol. The van der Waals surface area contributed by atoms with Gasteiger partial charge in [-0.25, -0.2) is 0 Å². The van der Waals surface area contributed by atoms with Crippen molar-refractivity contribution < 1.29 is 30.3 Å². The largest absolute Gasteiger partial charge is 0.394 e. The molecule has 100 valence electrons. The SMILES string of the molecule is C=CC(=O)N(C)C[C@H](O)[C@@H](O)[C@@H](O)[C@H](O)CO. The van der Waals surface area contributed by atoms with E-state index in [1.165, 1.54) is 7.05 Å². The summed E-state index contributed by atoms with van der Waals surface area (Å²) < 4.78 is 0. The van der Waals surface area contributed by atoms with E-state index in [-0.39, 0.29) is 6.54 Å². The predicted octanol–water partition coefficient (Wildman–Crippen LogP) is -2.93. The molecule has 0 spiro atoms. The van der Waals surface area contributed by atoms with E-state index in [1.807, 2.05) is 0 Å². The lowest BCUT2D eigenvalue weighted by atomic mass is 10.0. The molecule has 17 heavy (non-hydrogen) atoms. The summed E-state index contributed by atoms with van der Waals surface area (Å²) in [6.07, 6.45) is -5.32. The molecule has 5 N–H and O–H groups in total. The summed E-state index contributed by atoms with van der Waals surface area (Å²) in [4.78, 5) is 12.2. The molecule has 7 nitrogen and oxygen atoms in total. The summed E-state index contributed by atoms with van der Waals surface area (Å²) in [5, 5.41) is 45.9. The molecule has 0 fully saturated rings. The second-order valence-corrected chi connectivity index (χ2v) is 3.72. The number of carbonyl (C=O) groups is 1. The maximum Gasteiger partial charge on any atom is 0.245 e. The summed E-state index contributed by atoms with van der Waals surface area (Å²) in [5.74, 6) is -0.451. The van der Waals surface area contributed by atoms with Gasteiger partial charge in [0.25, 0.3) is 0 Å². The molecule has 0 rings (SSSR count). The van der Waals surface area contributed by atoms with Crippen LogP contribution < -0.4 is 0 Å². The molecule has 0 aliphatic rings. The zero-order chi connectivity index (χ0) is 13.6. The minimum atomic E-state index is -1.69. The van der Waals surface area contributed by atoms with E-state index in [9.17, 15) is 20.1 Å². The number of hydrogen-bond acceptors (Lipinski definition) is 6. The fourth-order valence-electron chi connectivity index (χ4n) is 1.20. The second-order valence-electron chi connectivity index (χ2n) is 3.72. The normalized spacial score (nSPS) is 18.0. The maximum atomic E-state index is 11.1. The first kappa shape index (κ1) is 16.0. The first-order chi connectivity index (χ1) is 7.84. The number of likely N-dealkylation sites (N-methyl/N-ethyl adjacent to an activating group) is 1. The molecule has 0 radical (unpaired) electrons. The Labute approximate surface area is 99.2 Å². The van der Waals surface area contributed by atoms with E-state index >= 15 is 0 Å². The summed E-state index contributed by atoms with van der Waals surface area (Å²) in [6, 6.07) is 0. The lowest BCUT2D eigenvalue weighted by Gasteiger charge is -2.28. The Morgan fingerprint density at radius 1 is 1.24 bits per heavy atom. The lowest BCUT2D eigenvalue weighted by molar-refractivity contribution is -0.134. The highest BCUT2D eigenvalue weighted by Gasteiger charge is 2.30. The highest BCUT2D eigenvalue weighted by Crippen LogP contribution is 2.06. The van der Waals surface area contributed by atoms with E-state index in [0.717, 1.165) is 11.0 Å². The number of amides is 1. The van der Waals surface area contributed by atoms with Crippen LogP contribution in [0.15, 0.2) is 12.7 Å². The average Bonchev–Trinajstić information content (AvgIpc) is 2.34. The van der Waals surface area contributed by atoms with Crippen molar-refractivity contribution in [1.29, 1.82) is 0 Å². The molecule has 0 saturated carbocycles. The smallest absolute Gasteiger partial charge is 0.245 e. The minimum absolute atomic E-state index is 0.235. The van der Waals surface area contributed by atoms with Crippen LogP contribution in [0.2, 0.25) is 0 Å². The Balaban J connectivity index is 4.35. The molecule has 0 aliphatic carbocycles. The topological polar surface area (TPSA) is 121 Å². The molecule has 1 amide bonds. The van der Waals surface area contributed by atoms with Crippen LogP contribution in [0, 0.1) is 0 Å². The maximum absolute atomic E-state index is 11.1. The van der Waals surface area contributed by atoms with E-state index in [2.05, 4.69) is 6.58 Å². The molecule has 0 saturated heterocycles. The van der Waals surface area contributed by atoms with Gasteiger partial charge in [0.1, 0.15) is 24.4 Å². The van der Waals surface area contributed by atoms with Gasteiger partial charge < -0.3 is 30.4 Å². The Kier molecular flexibility index (Phi) is 6.93. The number of nitrogens with zero attached hydrogens (tertiary/aromatic N) is 1. The van der Waals surface area contributed by atoms with Gasteiger partial charge in [0.2, 0.25) is 5.91 Å². The second kappa shape index (κ2) is 7.36. The van der Waals surface area contributed by atoms with Gasteiger partial charge in [0, 0.05) is 13.6 Å². The van der Waals surface area contributed by atoms with E-state index < -0.39 is 36.9 Å². The van der Waals surface area contributed by atoms with Crippen molar-refractivity contribution in [2.24, 2.45) is 0 Å². The summed E-state index contributed by atoms with van der Waals surface area (Å²) in [7, 11) is 1.38. The number of aliphatic hydroxyl groups excluding tert-OH is 5. The van der Waals surface area contributed by atoms with E-state index in [4.69, 9.17) is 10.2 Å². The van der Waals surface area contributed by atoms with Crippen molar-refractivity contribution in [1.82, 2.24) is 4.90 Å². The quantitative estimate of drug-likeness (QED) is 0.308. The van der Waals surface area contributed by atoms with Gasteiger partial charge in [0.05, 0.1) is 6.61 Å². The summed E-state index contributed by atoms with van der Waals surface area (Å²) in [6.45, 7) is 2.27. The molecule has 0 heterocycles. The van der Waals surface area contributed by atoms with Crippen LogP contribution in [-0.4, -0.2) is 81.0 Å². The van der Waals surface area contributed by atoms with Crippen LogP contribution in [0.5, 0.6) is 0 Å².